The number of likely N-dealkylation sites (N-methyl/N-ethyl adjacent to an activating group) is 1. The third kappa shape index (κ3) is 5.71. The number of carbonyl (C=O) groups excluding carboxylic acids is 1. The van der Waals surface area contributed by atoms with Crippen LogP contribution in [0.5, 0.6) is 0 Å². The number of hydrogen-bond donors (Lipinski definition) is 1. The van der Waals surface area contributed by atoms with Crippen LogP contribution >= 0.6 is 0 Å². The van der Waals surface area contributed by atoms with Crippen molar-refractivity contribution in [2.24, 2.45) is 0 Å². The molecule has 1 amide bonds. The van der Waals surface area contributed by atoms with Crippen LogP contribution in [0.4, 0.5) is 24.5 Å². The number of morpholine rings is 1. The second-order valence-corrected chi connectivity index (χ2v) is 6.99. The highest BCUT2D eigenvalue weighted by Crippen LogP contribution is 2.32. The summed E-state index contributed by atoms with van der Waals surface area (Å²) in [6.07, 6.45) is -4.42. The van der Waals surface area contributed by atoms with E-state index in [0.29, 0.717) is 18.9 Å². The summed E-state index contributed by atoms with van der Waals surface area (Å²) in [4.78, 5) is 16.2. The molecular weight excluding hydrogens is 383 g/mol. The van der Waals surface area contributed by atoms with E-state index in [1.54, 1.807) is 18.0 Å². The zero-order chi connectivity index (χ0) is 20.9. The molecule has 5 nitrogen and oxygen atoms in total. The van der Waals surface area contributed by atoms with Crippen molar-refractivity contribution < 1.29 is 22.7 Å². The van der Waals surface area contributed by atoms with Gasteiger partial charge in [-0.1, -0.05) is 30.3 Å². The SMILES string of the molecule is CN(CC(=O)Nc1ccccc1N1CCOCC1)Cc1ccccc1C(F)(F)F. The second kappa shape index (κ2) is 9.28. The zero-order valence-corrected chi connectivity index (χ0v) is 16.2. The van der Waals surface area contributed by atoms with Gasteiger partial charge in [0.2, 0.25) is 5.91 Å². The number of amides is 1. The van der Waals surface area contributed by atoms with Crippen LogP contribution in [0, 0.1) is 0 Å². The summed E-state index contributed by atoms with van der Waals surface area (Å²) >= 11 is 0. The second-order valence-electron chi connectivity index (χ2n) is 6.99. The molecule has 0 aromatic heterocycles. The van der Waals surface area contributed by atoms with Gasteiger partial charge in [0.25, 0.3) is 0 Å². The third-order valence-corrected chi connectivity index (χ3v) is 4.71. The highest BCUT2D eigenvalue weighted by molar-refractivity contribution is 5.95. The van der Waals surface area contributed by atoms with Gasteiger partial charge < -0.3 is 15.0 Å². The minimum Gasteiger partial charge on any atom is -0.378 e. The van der Waals surface area contributed by atoms with E-state index in [-0.39, 0.29) is 24.6 Å². The molecule has 2 aromatic carbocycles. The van der Waals surface area contributed by atoms with Gasteiger partial charge >= 0.3 is 6.18 Å². The van der Waals surface area contributed by atoms with E-state index in [9.17, 15) is 18.0 Å². The van der Waals surface area contributed by atoms with Gasteiger partial charge in [-0.15, -0.1) is 0 Å². The first-order chi connectivity index (χ1) is 13.8. The van der Waals surface area contributed by atoms with Crippen LogP contribution < -0.4 is 10.2 Å². The van der Waals surface area contributed by atoms with Gasteiger partial charge in [-0.3, -0.25) is 9.69 Å². The van der Waals surface area contributed by atoms with Crippen molar-refractivity contribution in [2.75, 3.05) is 50.1 Å². The standard InChI is InChI=1S/C21H24F3N3O2/c1-26(14-16-6-2-3-7-17(16)21(22,23)24)15-20(28)25-18-8-4-5-9-19(18)27-10-12-29-13-11-27/h2-9H,10-15H2,1H3,(H,25,28). The van der Waals surface area contributed by atoms with Crippen molar-refractivity contribution in [3.8, 4) is 0 Å². The monoisotopic (exact) mass is 407 g/mol. The van der Waals surface area contributed by atoms with Crippen LogP contribution in [-0.4, -0.2) is 50.7 Å². The first kappa shape index (κ1) is 21.1. The lowest BCUT2D eigenvalue weighted by atomic mass is 10.1. The molecule has 0 unspecified atom stereocenters. The smallest absolute Gasteiger partial charge is 0.378 e. The molecule has 29 heavy (non-hydrogen) atoms. The summed E-state index contributed by atoms with van der Waals surface area (Å²) in [5.74, 6) is -0.280. The molecule has 1 saturated heterocycles. The quantitative estimate of drug-likeness (QED) is 0.795. The minimum atomic E-state index is -4.42. The molecule has 156 valence electrons. The molecule has 1 fully saturated rings. The number of benzene rings is 2. The van der Waals surface area contributed by atoms with Crippen LogP contribution in [0.3, 0.4) is 0 Å². The van der Waals surface area contributed by atoms with E-state index in [1.807, 2.05) is 24.3 Å². The molecule has 0 aliphatic carbocycles. The van der Waals surface area contributed by atoms with Crippen molar-refractivity contribution in [3.05, 3.63) is 59.7 Å². The van der Waals surface area contributed by atoms with E-state index in [2.05, 4.69) is 10.2 Å². The Hall–Kier alpha value is -2.58. The topological polar surface area (TPSA) is 44.8 Å². The van der Waals surface area contributed by atoms with Crippen molar-refractivity contribution in [3.63, 3.8) is 0 Å². The Morgan fingerprint density at radius 3 is 2.48 bits per heavy atom. The number of nitrogens with zero attached hydrogens (tertiary/aromatic N) is 2. The van der Waals surface area contributed by atoms with E-state index in [0.717, 1.165) is 24.8 Å². The number of ether oxygens (including phenoxy) is 1. The van der Waals surface area contributed by atoms with Gasteiger partial charge in [-0.2, -0.15) is 13.2 Å². The van der Waals surface area contributed by atoms with Gasteiger partial charge in [0.1, 0.15) is 0 Å². The number of carbonyl (C=O) groups is 1. The molecule has 2 aromatic rings. The number of para-hydroxylation sites is 2. The molecule has 1 aliphatic rings. The first-order valence-corrected chi connectivity index (χ1v) is 9.40. The lowest BCUT2D eigenvalue weighted by Crippen LogP contribution is -2.37. The molecule has 0 radical (unpaired) electrons. The predicted octanol–water partition coefficient (Wildman–Crippen LogP) is 3.61. The number of nitrogens with one attached hydrogen (secondary N) is 1. The number of anilines is 2. The Morgan fingerprint density at radius 2 is 1.76 bits per heavy atom. The van der Waals surface area contributed by atoms with Crippen LogP contribution in [0.2, 0.25) is 0 Å². The lowest BCUT2D eigenvalue weighted by molar-refractivity contribution is -0.138. The molecule has 0 atom stereocenters. The predicted molar refractivity (Wildman–Crippen MR) is 106 cm³/mol. The van der Waals surface area contributed by atoms with Crippen LogP contribution in [0.1, 0.15) is 11.1 Å². The van der Waals surface area contributed by atoms with Crippen molar-refractivity contribution in [1.82, 2.24) is 4.90 Å². The van der Waals surface area contributed by atoms with E-state index < -0.39 is 11.7 Å². The number of alkyl halides is 3. The van der Waals surface area contributed by atoms with Crippen LogP contribution in [-0.2, 0) is 22.3 Å². The van der Waals surface area contributed by atoms with E-state index in [1.165, 1.54) is 12.1 Å². The molecule has 8 heteroatoms. The Bertz CT molecular complexity index is 836. The first-order valence-electron chi connectivity index (χ1n) is 9.40. The van der Waals surface area contributed by atoms with Crippen molar-refractivity contribution in [2.45, 2.75) is 12.7 Å². The fourth-order valence-electron chi connectivity index (χ4n) is 3.38. The summed E-state index contributed by atoms with van der Waals surface area (Å²) in [6, 6.07) is 12.9. The Kier molecular flexibility index (Phi) is 6.76. The fourth-order valence-corrected chi connectivity index (χ4v) is 3.38. The third-order valence-electron chi connectivity index (χ3n) is 4.71. The molecule has 3 rings (SSSR count). The molecule has 0 bridgehead atoms. The maximum absolute atomic E-state index is 13.2. The number of halogens is 3. The lowest BCUT2D eigenvalue weighted by Gasteiger charge is -2.30. The zero-order valence-electron chi connectivity index (χ0n) is 16.2. The summed E-state index contributed by atoms with van der Waals surface area (Å²) < 4.78 is 44.8. The van der Waals surface area contributed by atoms with Gasteiger partial charge in [-0.25, -0.2) is 0 Å². The van der Waals surface area contributed by atoms with E-state index >= 15 is 0 Å². The summed E-state index contributed by atoms with van der Waals surface area (Å²) in [5.41, 5.74) is 1.06. The molecule has 1 aliphatic heterocycles. The number of hydrogen-bond acceptors (Lipinski definition) is 4. The molecule has 1 heterocycles. The maximum Gasteiger partial charge on any atom is 0.416 e. The Labute approximate surface area is 168 Å². The fraction of sp³-hybridized carbons (Fsp3) is 0.381. The van der Waals surface area contributed by atoms with Crippen LogP contribution in [0.15, 0.2) is 48.5 Å². The Morgan fingerprint density at radius 1 is 1.10 bits per heavy atom. The van der Waals surface area contributed by atoms with Gasteiger partial charge in [0.05, 0.1) is 36.7 Å². The highest BCUT2D eigenvalue weighted by Gasteiger charge is 2.33. The van der Waals surface area contributed by atoms with Crippen molar-refractivity contribution in [1.29, 1.82) is 0 Å². The average molecular weight is 407 g/mol. The van der Waals surface area contributed by atoms with E-state index in [4.69, 9.17) is 4.74 Å². The van der Waals surface area contributed by atoms with Gasteiger partial charge in [0.15, 0.2) is 0 Å². The highest BCUT2D eigenvalue weighted by atomic mass is 19.4. The van der Waals surface area contributed by atoms with Gasteiger partial charge in [-0.05, 0) is 30.8 Å². The Balaban J connectivity index is 1.63. The van der Waals surface area contributed by atoms with Crippen LogP contribution in [0.25, 0.3) is 0 Å². The number of rotatable bonds is 6. The maximum atomic E-state index is 13.2. The largest absolute Gasteiger partial charge is 0.416 e. The summed E-state index contributed by atoms with van der Waals surface area (Å²) in [7, 11) is 1.63. The van der Waals surface area contributed by atoms with Crippen molar-refractivity contribution >= 4 is 17.3 Å². The van der Waals surface area contributed by atoms with Gasteiger partial charge in [0, 0.05) is 19.6 Å². The molecule has 1 N–H and O–H groups in total. The average Bonchev–Trinajstić information content (AvgIpc) is 2.68. The molecule has 0 spiro atoms. The summed E-state index contributed by atoms with van der Waals surface area (Å²) in [6.45, 7) is 2.73. The summed E-state index contributed by atoms with van der Waals surface area (Å²) in [5, 5.41) is 2.88. The molecular formula is C21H24F3N3O2. The normalized spacial score (nSPS) is 14.9. The minimum absolute atomic E-state index is 0.0220. The molecule has 0 saturated carbocycles.